The molecule has 0 spiro atoms. The third-order valence-electron chi connectivity index (χ3n) is 4.95. The van der Waals surface area contributed by atoms with Crippen molar-refractivity contribution in [2.45, 2.75) is 51.1 Å². The van der Waals surface area contributed by atoms with Crippen LogP contribution in [0.3, 0.4) is 0 Å². The van der Waals surface area contributed by atoms with Gasteiger partial charge in [-0.3, -0.25) is 4.79 Å². The third-order valence-corrected chi connectivity index (χ3v) is 4.95. The van der Waals surface area contributed by atoms with Crippen molar-refractivity contribution in [2.75, 3.05) is 7.05 Å². The van der Waals surface area contributed by atoms with Crippen molar-refractivity contribution >= 4 is 16.9 Å². The number of rotatable bonds is 5. The first kappa shape index (κ1) is 16.0. The molecule has 0 aliphatic carbocycles. The Morgan fingerprint density at radius 2 is 2.30 bits per heavy atom. The molecule has 124 valence electrons. The van der Waals surface area contributed by atoms with Crippen LogP contribution in [-0.2, 0) is 17.8 Å². The van der Waals surface area contributed by atoms with Crippen LogP contribution in [0.5, 0.6) is 0 Å². The summed E-state index contributed by atoms with van der Waals surface area (Å²) in [4.78, 5) is 11.8. The number of fused-ring (bicyclic) bond motifs is 3. The van der Waals surface area contributed by atoms with Gasteiger partial charge < -0.3 is 15.0 Å². The van der Waals surface area contributed by atoms with Gasteiger partial charge in [-0.05, 0) is 37.9 Å². The SMILES string of the molecule is CCCC(C(=O)O)c1c2n(c3c(F)cccc13)C[C@H](NC)CC2. The Kier molecular flexibility index (Phi) is 4.39. The van der Waals surface area contributed by atoms with Gasteiger partial charge in [0.2, 0.25) is 0 Å². The first-order valence-electron chi connectivity index (χ1n) is 8.28. The highest BCUT2D eigenvalue weighted by molar-refractivity contribution is 5.92. The molecule has 0 fully saturated rings. The van der Waals surface area contributed by atoms with E-state index in [-0.39, 0.29) is 5.82 Å². The van der Waals surface area contributed by atoms with E-state index in [0.29, 0.717) is 24.5 Å². The Labute approximate surface area is 135 Å². The maximum Gasteiger partial charge on any atom is 0.311 e. The molecule has 2 N–H and O–H groups in total. The molecule has 1 aromatic heterocycles. The topological polar surface area (TPSA) is 54.3 Å². The van der Waals surface area contributed by atoms with Crippen LogP contribution in [0.4, 0.5) is 4.39 Å². The van der Waals surface area contributed by atoms with E-state index in [4.69, 9.17) is 0 Å². The van der Waals surface area contributed by atoms with Crippen molar-refractivity contribution in [2.24, 2.45) is 0 Å². The summed E-state index contributed by atoms with van der Waals surface area (Å²) in [6, 6.07) is 5.28. The van der Waals surface area contributed by atoms with Crippen molar-refractivity contribution < 1.29 is 14.3 Å². The largest absolute Gasteiger partial charge is 0.481 e. The molecule has 1 unspecified atom stereocenters. The Hall–Kier alpha value is -1.88. The highest BCUT2D eigenvalue weighted by Crippen LogP contribution is 2.38. The number of carbonyl (C=O) groups is 1. The maximum atomic E-state index is 14.5. The second-order valence-electron chi connectivity index (χ2n) is 6.31. The van der Waals surface area contributed by atoms with E-state index in [1.807, 2.05) is 24.6 Å². The maximum absolute atomic E-state index is 14.5. The number of nitrogens with zero attached hydrogens (tertiary/aromatic N) is 1. The summed E-state index contributed by atoms with van der Waals surface area (Å²) in [6.45, 7) is 2.67. The van der Waals surface area contributed by atoms with E-state index in [0.717, 1.165) is 35.9 Å². The smallest absolute Gasteiger partial charge is 0.311 e. The monoisotopic (exact) mass is 318 g/mol. The van der Waals surface area contributed by atoms with Gasteiger partial charge in [-0.25, -0.2) is 4.39 Å². The molecular formula is C18H23FN2O2. The second-order valence-corrected chi connectivity index (χ2v) is 6.31. The number of aliphatic carboxylic acids is 1. The fourth-order valence-electron chi connectivity index (χ4n) is 3.84. The lowest BCUT2D eigenvalue weighted by molar-refractivity contribution is -0.139. The molecule has 2 heterocycles. The minimum atomic E-state index is -0.817. The van der Waals surface area contributed by atoms with Gasteiger partial charge in [0.15, 0.2) is 0 Å². The Morgan fingerprint density at radius 1 is 1.52 bits per heavy atom. The quantitative estimate of drug-likeness (QED) is 0.889. The predicted octanol–water partition coefficient (Wildman–Crippen LogP) is 3.28. The van der Waals surface area contributed by atoms with Crippen LogP contribution in [0.15, 0.2) is 18.2 Å². The Morgan fingerprint density at radius 3 is 2.96 bits per heavy atom. The van der Waals surface area contributed by atoms with Crippen LogP contribution >= 0.6 is 0 Å². The molecule has 23 heavy (non-hydrogen) atoms. The summed E-state index contributed by atoms with van der Waals surface area (Å²) < 4.78 is 16.5. The molecule has 0 saturated carbocycles. The molecular weight excluding hydrogens is 295 g/mol. The summed E-state index contributed by atoms with van der Waals surface area (Å²) in [6.07, 6.45) is 3.09. The molecule has 5 heteroatoms. The fourth-order valence-corrected chi connectivity index (χ4v) is 3.84. The number of benzene rings is 1. The standard InChI is InChI=1S/C18H23FN2O2/c1-3-5-13(18(22)23)16-12-6-4-7-14(19)17(12)21-10-11(20-2)8-9-15(16)21/h4,6-7,11,13,20H,3,5,8-10H2,1-2H3,(H,22,23)/t11-,13?/m1/s1. The zero-order valence-corrected chi connectivity index (χ0v) is 13.6. The molecule has 0 bridgehead atoms. The molecule has 1 aliphatic heterocycles. The lowest BCUT2D eigenvalue weighted by Crippen LogP contribution is -2.35. The minimum Gasteiger partial charge on any atom is -0.481 e. The van der Waals surface area contributed by atoms with Gasteiger partial charge in [0.25, 0.3) is 0 Å². The lowest BCUT2D eigenvalue weighted by Gasteiger charge is -2.26. The van der Waals surface area contributed by atoms with Crippen molar-refractivity contribution in [1.29, 1.82) is 0 Å². The molecule has 2 atom stereocenters. The molecule has 0 amide bonds. The van der Waals surface area contributed by atoms with Gasteiger partial charge in [0, 0.05) is 23.7 Å². The van der Waals surface area contributed by atoms with Crippen LogP contribution in [0.2, 0.25) is 0 Å². The molecule has 1 aliphatic rings. The van der Waals surface area contributed by atoms with Gasteiger partial charge in [-0.15, -0.1) is 0 Å². The van der Waals surface area contributed by atoms with Gasteiger partial charge >= 0.3 is 5.97 Å². The van der Waals surface area contributed by atoms with Crippen LogP contribution in [-0.4, -0.2) is 28.7 Å². The summed E-state index contributed by atoms with van der Waals surface area (Å²) in [5.41, 5.74) is 2.38. The van der Waals surface area contributed by atoms with Gasteiger partial charge in [0.1, 0.15) is 5.82 Å². The summed E-state index contributed by atoms with van der Waals surface area (Å²) >= 11 is 0. The zero-order valence-electron chi connectivity index (χ0n) is 13.6. The van der Waals surface area contributed by atoms with Gasteiger partial charge in [-0.1, -0.05) is 25.5 Å². The van der Waals surface area contributed by atoms with E-state index in [2.05, 4.69) is 5.32 Å². The summed E-state index contributed by atoms with van der Waals surface area (Å²) in [5.74, 6) is -1.65. The highest BCUT2D eigenvalue weighted by Gasteiger charge is 2.31. The Balaban J connectivity index is 2.26. The first-order chi connectivity index (χ1) is 11.1. The molecule has 0 saturated heterocycles. The number of carboxylic acids is 1. The van der Waals surface area contributed by atoms with Crippen molar-refractivity contribution in [3.05, 3.63) is 35.3 Å². The lowest BCUT2D eigenvalue weighted by atomic mass is 9.89. The molecule has 4 nitrogen and oxygen atoms in total. The van der Waals surface area contributed by atoms with Gasteiger partial charge in [0.05, 0.1) is 11.4 Å². The Bertz CT molecular complexity index is 738. The minimum absolute atomic E-state index is 0.271. The first-order valence-corrected chi connectivity index (χ1v) is 8.28. The number of hydrogen-bond donors (Lipinski definition) is 2. The average Bonchev–Trinajstić information content (AvgIpc) is 2.86. The van der Waals surface area contributed by atoms with Crippen molar-refractivity contribution in [1.82, 2.24) is 9.88 Å². The summed E-state index contributed by atoms with van der Waals surface area (Å²) in [5, 5.41) is 13.7. The van der Waals surface area contributed by atoms with E-state index < -0.39 is 11.9 Å². The van der Waals surface area contributed by atoms with E-state index >= 15 is 0 Å². The number of aromatic nitrogens is 1. The van der Waals surface area contributed by atoms with Gasteiger partial charge in [-0.2, -0.15) is 0 Å². The molecule has 1 aromatic carbocycles. The zero-order chi connectivity index (χ0) is 16.6. The predicted molar refractivity (Wildman–Crippen MR) is 88.3 cm³/mol. The van der Waals surface area contributed by atoms with Crippen LogP contribution < -0.4 is 5.32 Å². The number of para-hydroxylation sites is 1. The number of nitrogens with one attached hydrogen (secondary N) is 1. The van der Waals surface area contributed by atoms with Crippen LogP contribution in [0, 0.1) is 5.82 Å². The van der Waals surface area contributed by atoms with Crippen molar-refractivity contribution in [3.63, 3.8) is 0 Å². The van der Waals surface area contributed by atoms with E-state index in [1.54, 1.807) is 6.07 Å². The average molecular weight is 318 g/mol. The number of halogens is 1. The highest BCUT2D eigenvalue weighted by atomic mass is 19.1. The number of hydrogen-bond acceptors (Lipinski definition) is 2. The summed E-state index contributed by atoms with van der Waals surface area (Å²) in [7, 11) is 1.91. The molecule has 0 radical (unpaired) electrons. The van der Waals surface area contributed by atoms with Crippen molar-refractivity contribution in [3.8, 4) is 0 Å². The van der Waals surface area contributed by atoms with E-state index in [1.165, 1.54) is 6.07 Å². The molecule has 2 aromatic rings. The fraction of sp³-hybridized carbons (Fsp3) is 0.500. The number of carboxylic acid groups (broad SMARTS) is 1. The van der Waals surface area contributed by atoms with Crippen LogP contribution in [0.25, 0.3) is 10.9 Å². The normalized spacial score (nSPS) is 18.8. The van der Waals surface area contributed by atoms with E-state index in [9.17, 15) is 14.3 Å². The van der Waals surface area contributed by atoms with Crippen LogP contribution in [0.1, 0.15) is 43.4 Å². The second kappa shape index (κ2) is 6.32. The molecule has 3 rings (SSSR count). The third kappa shape index (κ3) is 2.63. The number of likely N-dealkylation sites (N-methyl/N-ethyl adjacent to an activating group) is 1.